The van der Waals surface area contributed by atoms with Crippen molar-refractivity contribution in [3.63, 3.8) is 0 Å². The maximum atomic E-state index is 13.0. The molecule has 0 aromatic heterocycles. The molecule has 0 saturated heterocycles. The molecule has 0 radical (unpaired) electrons. The largest absolute Gasteiger partial charge is 0.462 e. The molecular formula is C77H132O6. The van der Waals surface area contributed by atoms with E-state index < -0.39 is 6.10 Å². The van der Waals surface area contributed by atoms with Gasteiger partial charge in [0.05, 0.1) is 0 Å². The SMILES string of the molecule is CC/C=C\C/C=C\C/C=C\C/C=C\C/C=C\C/C=C\CCCCCCC(=O)OC(COC(=O)CCCCCCCCCCCCCC/C=C\C/C=C\C/C=C\CCCCCCC)COC(=O)CCCCCCCCCCCCCCCCC. The second-order valence-corrected chi connectivity index (χ2v) is 23.4. The lowest BCUT2D eigenvalue weighted by atomic mass is 10.0. The second kappa shape index (κ2) is 70.6. The van der Waals surface area contributed by atoms with Crippen molar-refractivity contribution in [3.05, 3.63) is 109 Å². The fraction of sp³-hybridized carbons (Fsp3) is 0.727. The third-order valence-corrected chi connectivity index (χ3v) is 15.3. The van der Waals surface area contributed by atoms with E-state index in [1.54, 1.807) is 0 Å². The molecule has 0 aliphatic rings. The summed E-state index contributed by atoms with van der Waals surface area (Å²) in [5, 5.41) is 0. The van der Waals surface area contributed by atoms with Crippen molar-refractivity contribution < 1.29 is 28.6 Å². The van der Waals surface area contributed by atoms with E-state index in [0.717, 1.165) is 122 Å². The summed E-state index contributed by atoms with van der Waals surface area (Å²) >= 11 is 0. The van der Waals surface area contributed by atoms with E-state index in [4.69, 9.17) is 14.2 Å². The first-order valence-electron chi connectivity index (χ1n) is 35.4. The first kappa shape index (κ1) is 79.1. The molecule has 83 heavy (non-hydrogen) atoms. The van der Waals surface area contributed by atoms with Crippen LogP contribution in [-0.2, 0) is 28.6 Å². The number of carbonyl (C=O) groups is 3. The van der Waals surface area contributed by atoms with Gasteiger partial charge in [0, 0.05) is 19.3 Å². The third-order valence-electron chi connectivity index (χ3n) is 15.3. The summed E-state index contributed by atoms with van der Waals surface area (Å²) in [6, 6.07) is 0. The first-order valence-corrected chi connectivity index (χ1v) is 35.4. The highest BCUT2D eigenvalue weighted by Crippen LogP contribution is 2.17. The van der Waals surface area contributed by atoms with Gasteiger partial charge in [-0.15, -0.1) is 0 Å². The van der Waals surface area contributed by atoms with Crippen molar-refractivity contribution >= 4 is 17.9 Å². The second-order valence-electron chi connectivity index (χ2n) is 23.4. The molecule has 6 nitrogen and oxygen atoms in total. The van der Waals surface area contributed by atoms with Gasteiger partial charge in [-0.25, -0.2) is 0 Å². The van der Waals surface area contributed by atoms with Crippen LogP contribution in [-0.4, -0.2) is 37.2 Å². The van der Waals surface area contributed by atoms with Crippen molar-refractivity contribution in [2.75, 3.05) is 13.2 Å². The van der Waals surface area contributed by atoms with Crippen molar-refractivity contribution in [1.29, 1.82) is 0 Å². The zero-order chi connectivity index (χ0) is 59.9. The molecule has 0 heterocycles. The topological polar surface area (TPSA) is 78.9 Å². The van der Waals surface area contributed by atoms with Gasteiger partial charge in [0.1, 0.15) is 13.2 Å². The van der Waals surface area contributed by atoms with Gasteiger partial charge in [-0.3, -0.25) is 14.4 Å². The van der Waals surface area contributed by atoms with Gasteiger partial charge in [-0.1, -0.05) is 323 Å². The Labute approximate surface area is 514 Å². The fourth-order valence-electron chi connectivity index (χ4n) is 9.99. The molecule has 476 valence electrons. The molecule has 0 aromatic carbocycles. The number of esters is 3. The molecule has 0 fully saturated rings. The van der Waals surface area contributed by atoms with E-state index in [1.165, 1.54) is 180 Å². The van der Waals surface area contributed by atoms with Crippen LogP contribution in [0.2, 0.25) is 0 Å². The lowest BCUT2D eigenvalue weighted by Gasteiger charge is -2.18. The number of hydrogen-bond donors (Lipinski definition) is 0. The molecule has 0 aliphatic carbocycles. The average Bonchev–Trinajstić information content (AvgIpc) is 3.50. The van der Waals surface area contributed by atoms with Crippen LogP contribution in [0.4, 0.5) is 0 Å². The number of hydrogen-bond acceptors (Lipinski definition) is 6. The van der Waals surface area contributed by atoms with E-state index >= 15 is 0 Å². The molecule has 0 bridgehead atoms. The fourth-order valence-corrected chi connectivity index (χ4v) is 9.99. The van der Waals surface area contributed by atoms with Crippen LogP contribution in [0.25, 0.3) is 0 Å². The summed E-state index contributed by atoms with van der Waals surface area (Å²) < 4.78 is 17.0. The number of unbranched alkanes of at least 4 members (excludes halogenated alkanes) is 35. The minimum Gasteiger partial charge on any atom is -0.462 e. The number of ether oxygens (including phenoxy) is 3. The van der Waals surface area contributed by atoms with Gasteiger partial charge in [0.2, 0.25) is 0 Å². The highest BCUT2D eigenvalue weighted by molar-refractivity contribution is 5.71. The number of rotatable bonds is 64. The Kier molecular flexibility index (Phi) is 67.2. The van der Waals surface area contributed by atoms with Crippen LogP contribution in [0.5, 0.6) is 0 Å². The molecule has 1 atom stereocenters. The van der Waals surface area contributed by atoms with Gasteiger partial charge in [0.25, 0.3) is 0 Å². The van der Waals surface area contributed by atoms with Crippen LogP contribution in [0.3, 0.4) is 0 Å². The van der Waals surface area contributed by atoms with Gasteiger partial charge in [0.15, 0.2) is 6.10 Å². The Morgan fingerprint density at radius 3 is 0.735 bits per heavy atom. The quantitative estimate of drug-likeness (QED) is 0.0261. The molecule has 0 N–H and O–H groups in total. The maximum Gasteiger partial charge on any atom is 0.306 e. The number of allylic oxidation sites excluding steroid dienone is 18. The average molecular weight is 1150 g/mol. The Hall–Kier alpha value is -3.93. The highest BCUT2D eigenvalue weighted by atomic mass is 16.6. The smallest absolute Gasteiger partial charge is 0.306 e. The zero-order valence-corrected chi connectivity index (χ0v) is 54.7. The molecule has 0 amide bonds. The Bertz CT molecular complexity index is 1660. The minimum atomic E-state index is -0.795. The molecule has 1 unspecified atom stereocenters. The Morgan fingerprint density at radius 2 is 0.470 bits per heavy atom. The lowest BCUT2D eigenvalue weighted by molar-refractivity contribution is -0.167. The van der Waals surface area contributed by atoms with Crippen LogP contribution in [0.15, 0.2) is 109 Å². The lowest BCUT2D eigenvalue weighted by Crippen LogP contribution is -2.30. The molecule has 6 heteroatoms. The zero-order valence-electron chi connectivity index (χ0n) is 54.7. The van der Waals surface area contributed by atoms with Gasteiger partial charge in [-0.05, 0) is 109 Å². The Morgan fingerprint density at radius 1 is 0.253 bits per heavy atom. The van der Waals surface area contributed by atoms with Gasteiger partial charge in [-0.2, -0.15) is 0 Å². The van der Waals surface area contributed by atoms with E-state index in [-0.39, 0.29) is 31.1 Å². The molecular weight excluding hydrogens is 1020 g/mol. The minimum absolute atomic E-state index is 0.0869. The molecule has 0 rings (SSSR count). The van der Waals surface area contributed by atoms with Gasteiger partial charge < -0.3 is 14.2 Å². The summed E-state index contributed by atoms with van der Waals surface area (Å²) in [6.07, 6.45) is 96.8. The molecule has 0 spiro atoms. The summed E-state index contributed by atoms with van der Waals surface area (Å²) in [7, 11) is 0. The van der Waals surface area contributed by atoms with Crippen LogP contribution in [0.1, 0.15) is 342 Å². The predicted molar refractivity (Wildman–Crippen MR) is 362 cm³/mol. The summed E-state index contributed by atoms with van der Waals surface area (Å²) in [6.45, 7) is 6.53. The standard InChI is InChI=1S/C77H132O6/c1-4-7-10-13-16-19-22-25-28-30-32-34-36-37-38-39-41-42-44-46-49-52-55-58-61-64-67-70-76(79)82-73-74(72-81-75(78)69-66-63-60-57-54-51-48-27-24-21-18-15-12-9-6-3)83-77(80)71-68-65-62-59-56-53-50-47-45-43-40-35-33-31-29-26-23-20-17-14-11-8-5-2/h8,11,17,20,22,25-26,29-30,32-33,35-37,43,45,50,53,74H,4-7,9-10,12-16,18-19,21,23-24,27-28,31,34,38-42,44,46-49,51-52,54-73H2,1-3H3/b11-8-,20-17-,25-22-,29-26-,32-30-,35-33-,37-36-,45-43-,53-50-. The molecule has 0 aromatic rings. The van der Waals surface area contributed by atoms with Crippen molar-refractivity contribution in [2.24, 2.45) is 0 Å². The normalized spacial score (nSPS) is 12.8. The number of carbonyl (C=O) groups excluding carboxylic acids is 3. The maximum absolute atomic E-state index is 13.0. The summed E-state index contributed by atoms with van der Waals surface area (Å²) in [5.41, 5.74) is 0. The van der Waals surface area contributed by atoms with E-state index in [9.17, 15) is 14.4 Å². The molecule has 0 saturated carbocycles. The van der Waals surface area contributed by atoms with E-state index in [0.29, 0.717) is 19.3 Å². The third kappa shape index (κ3) is 68.7. The summed E-state index contributed by atoms with van der Waals surface area (Å²) in [4.78, 5) is 38.5. The van der Waals surface area contributed by atoms with Crippen LogP contribution >= 0.6 is 0 Å². The highest BCUT2D eigenvalue weighted by Gasteiger charge is 2.19. The van der Waals surface area contributed by atoms with E-state index in [2.05, 4.69) is 130 Å². The van der Waals surface area contributed by atoms with Crippen molar-refractivity contribution in [2.45, 2.75) is 348 Å². The molecule has 0 aliphatic heterocycles. The van der Waals surface area contributed by atoms with E-state index in [1.807, 2.05) is 0 Å². The van der Waals surface area contributed by atoms with Crippen molar-refractivity contribution in [3.8, 4) is 0 Å². The first-order chi connectivity index (χ1) is 41.0. The predicted octanol–water partition coefficient (Wildman–Crippen LogP) is 24.6. The van der Waals surface area contributed by atoms with Crippen LogP contribution in [0, 0.1) is 0 Å². The Balaban J connectivity index is 4.37. The van der Waals surface area contributed by atoms with Crippen molar-refractivity contribution in [1.82, 2.24) is 0 Å². The van der Waals surface area contributed by atoms with Gasteiger partial charge >= 0.3 is 17.9 Å². The van der Waals surface area contributed by atoms with Crippen LogP contribution < -0.4 is 0 Å². The summed E-state index contributed by atoms with van der Waals surface area (Å²) in [5.74, 6) is -0.899. The monoisotopic (exact) mass is 1150 g/mol.